The molecule has 2 aliphatic heterocycles. The van der Waals surface area contributed by atoms with Crippen LogP contribution in [0, 0.1) is 0 Å². The highest BCUT2D eigenvalue weighted by Crippen LogP contribution is 2.37. The Bertz CT molecular complexity index is 803. The summed E-state index contributed by atoms with van der Waals surface area (Å²) < 4.78 is 10.7. The lowest BCUT2D eigenvalue weighted by atomic mass is 9.87. The van der Waals surface area contributed by atoms with Crippen molar-refractivity contribution in [2.45, 2.75) is 50.6 Å². The average Bonchev–Trinajstić information content (AvgIpc) is 3.33. The molecule has 6 heteroatoms. The van der Waals surface area contributed by atoms with Crippen LogP contribution < -0.4 is 10.1 Å². The number of aryl methyl sites for hydroxylation is 1. The predicted molar refractivity (Wildman–Crippen MR) is 102 cm³/mol. The number of hydrogen-bond donors (Lipinski definition) is 1. The summed E-state index contributed by atoms with van der Waals surface area (Å²) in [4.78, 5) is 15.2. The molecule has 4 rings (SSSR count). The lowest BCUT2D eigenvalue weighted by molar-refractivity contribution is 0.0695. The van der Waals surface area contributed by atoms with Crippen LogP contribution in [0.4, 0.5) is 0 Å². The Morgan fingerprint density at radius 1 is 1.41 bits per heavy atom. The standard InChI is InChI=1S/C21H27N3O3/c1-3-6-16-12-18(23-27-16)21(25)24-13-17(20-19(24)9-5-10-22-20)14-7-4-8-15(11-14)26-2/h4,7-8,11-12,17,19-20,22H,3,5-6,9-10,13H2,1-2H3/t17-,19-,20-/m1/s1. The second-order valence-electron chi connectivity index (χ2n) is 7.46. The summed E-state index contributed by atoms with van der Waals surface area (Å²) in [5, 5.41) is 7.69. The van der Waals surface area contributed by atoms with Crippen LogP contribution in [0.5, 0.6) is 5.75 Å². The van der Waals surface area contributed by atoms with Crippen molar-refractivity contribution in [3.63, 3.8) is 0 Å². The molecule has 0 saturated carbocycles. The molecule has 27 heavy (non-hydrogen) atoms. The molecule has 144 valence electrons. The molecular weight excluding hydrogens is 342 g/mol. The number of aromatic nitrogens is 1. The zero-order chi connectivity index (χ0) is 18.8. The number of methoxy groups -OCH3 is 1. The molecule has 0 bridgehead atoms. The normalized spacial score (nSPS) is 24.7. The van der Waals surface area contributed by atoms with Crippen molar-refractivity contribution < 1.29 is 14.1 Å². The van der Waals surface area contributed by atoms with E-state index in [1.165, 1.54) is 5.56 Å². The molecule has 0 unspecified atom stereocenters. The lowest BCUT2D eigenvalue weighted by Gasteiger charge is -2.33. The molecule has 2 aromatic rings. The van der Waals surface area contributed by atoms with Crippen LogP contribution in [0.1, 0.15) is 53.9 Å². The zero-order valence-electron chi connectivity index (χ0n) is 16.0. The summed E-state index contributed by atoms with van der Waals surface area (Å²) in [6.45, 7) is 3.76. The van der Waals surface area contributed by atoms with E-state index in [0.29, 0.717) is 12.2 Å². The molecule has 2 saturated heterocycles. The van der Waals surface area contributed by atoms with Crippen molar-refractivity contribution >= 4 is 5.91 Å². The second-order valence-corrected chi connectivity index (χ2v) is 7.46. The first-order valence-corrected chi connectivity index (χ1v) is 9.85. The van der Waals surface area contributed by atoms with Crippen molar-refractivity contribution in [3.8, 4) is 5.75 Å². The number of amides is 1. The lowest BCUT2D eigenvalue weighted by Crippen LogP contribution is -2.49. The number of benzene rings is 1. The first-order valence-electron chi connectivity index (χ1n) is 9.85. The minimum Gasteiger partial charge on any atom is -0.497 e. The van der Waals surface area contributed by atoms with Crippen LogP contribution in [0.15, 0.2) is 34.9 Å². The van der Waals surface area contributed by atoms with Gasteiger partial charge in [0, 0.05) is 37.0 Å². The third-order valence-electron chi connectivity index (χ3n) is 5.76. The van der Waals surface area contributed by atoms with Crippen LogP contribution in [-0.4, -0.2) is 48.2 Å². The molecule has 3 atom stereocenters. The number of rotatable bonds is 5. The third-order valence-corrected chi connectivity index (χ3v) is 5.76. The zero-order valence-corrected chi connectivity index (χ0v) is 16.0. The van der Waals surface area contributed by atoms with Gasteiger partial charge in [-0.3, -0.25) is 4.79 Å². The van der Waals surface area contributed by atoms with Crippen LogP contribution in [0.3, 0.4) is 0 Å². The Hall–Kier alpha value is -2.34. The van der Waals surface area contributed by atoms with Gasteiger partial charge in [0.15, 0.2) is 5.69 Å². The van der Waals surface area contributed by atoms with E-state index < -0.39 is 0 Å². The van der Waals surface area contributed by atoms with E-state index in [-0.39, 0.29) is 23.9 Å². The van der Waals surface area contributed by atoms with Crippen molar-refractivity contribution in [3.05, 3.63) is 47.3 Å². The van der Waals surface area contributed by atoms with Gasteiger partial charge in [0.2, 0.25) is 0 Å². The maximum atomic E-state index is 13.2. The number of hydrogen-bond acceptors (Lipinski definition) is 5. The summed E-state index contributed by atoms with van der Waals surface area (Å²) in [6, 6.07) is 10.4. The molecule has 1 aromatic heterocycles. The van der Waals surface area contributed by atoms with E-state index in [0.717, 1.165) is 43.7 Å². The summed E-state index contributed by atoms with van der Waals surface area (Å²) in [6.07, 6.45) is 3.87. The summed E-state index contributed by atoms with van der Waals surface area (Å²) in [7, 11) is 1.68. The van der Waals surface area contributed by atoms with Gasteiger partial charge in [-0.05, 0) is 43.5 Å². The maximum absolute atomic E-state index is 13.2. The van der Waals surface area contributed by atoms with Crippen molar-refractivity contribution in [2.24, 2.45) is 0 Å². The van der Waals surface area contributed by atoms with Gasteiger partial charge in [-0.25, -0.2) is 0 Å². The van der Waals surface area contributed by atoms with E-state index in [9.17, 15) is 4.79 Å². The fourth-order valence-electron chi connectivity index (χ4n) is 4.46. The van der Waals surface area contributed by atoms with Gasteiger partial charge in [-0.2, -0.15) is 0 Å². The number of piperidine rings is 1. The molecular formula is C21H27N3O3. The Labute approximate surface area is 159 Å². The molecule has 2 aliphatic rings. The highest BCUT2D eigenvalue weighted by Gasteiger charge is 2.46. The molecule has 1 N–H and O–H groups in total. The van der Waals surface area contributed by atoms with Crippen LogP contribution in [-0.2, 0) is 6.42 Å². The van der Waals surface area contributed by atoms with Crippen molar-refractivity contribution in [1.29, 1.82) is 0 Å². The van der Waals surface area contributed by atoms with Gasteiger partial charge in [0.05, 0.1) is 7.11 Å². The number of ether oxygens (including phenoxy) is 1. The molecule has 0 radical (unpaired) electrons. The molecule has 0 aliphatic carbocycles. The smallest absolute Gasteiger partial charge is 0.276 e. The first kappa shape index (κ1) is 18.0. The highest BCUT2D eigenvalue weighted by atomic mass is 16.5. The fourth-order valence-corrected chi connectivity index (χ4v) is 4.46. The Morgan fingerprint density at radius 3 is 3.11 bits per heavy atom. The van der Waals surface area contributed by atoms with Gasteiger partial charge in [0.25, 0.3) is 5.91 Å². The molecule has 1 amide bonds. The molecule has 2 fully saturated rings. The van der Waals surface area contributed by atoms with Gasteiger partial charge in [0.1, 0.15) is 11.5 Å². The van der Waals surface area contributed by atoms with Crippen LogP contribution >= 0.6 is 0 Å². The topological polar surface area (TPSA) is 67.6 Å². The van der Waals surface area contributed by atoms with Crippen LogP contribution in [0.25, 0.3) is 0 Å². The number of carbonyl (C=O) groups excluding carboxylic acids is 1. The Balaban J connectivity index is 1.60. The fraction of sp³-hybridized carbons (Fsp3) is 0.524. The highest BCUT2D eigenvalue weighted by molar-refractivity contribution is 5.93. The van der Waals surface area contributed by atoms with Crippen LogP contribution in [0.2, 0.25) is 0 Å². The number of carbonyl (C=O) groups is 1. The minimum atomic E-state index is -0.0230. The van der Waals surface area contributed by atoms with Gasteiger partial charge in [-0.1, -0.05) is 24.2 Å². The van der Waals surface area contributed by atoms with E-state index >= 15 is 0 Å². The molecule has 1 aromatic carbocycles. The maximum Gasteiger partial charge on any atom is 0.276 e. The Morgan fingerprint density at radius 2 is 2.30 bits per heavy atom. The van der Waals surface area contributed by atoms with Gasteiger partial charge < -0.3 is 19.5 Å². The third kappa shape index (κ3) is 3.46. The van der Waals surface area contributed by atoms with E-state index in [2.05, 4.69) is 29.5 Å². The summed E-state index contributed by atoms with van der Waals surface area (Å²) in [5.41, 5.74) is 1.63. The van der Waals surface area contributed by atoms with E-state index in [4.69, 9.17) is 9.26 Å². The number of nitrogens with one attached hydrogen (secondary N) is 1. The van der Waals surface area contributed by atoms with Gasteiger partial charge >= 0.3 is 0 Å². The predicted octanol–water partition coefficient (Wildman–Crippen LogP) is 3.00. The van der Waals surface area contributed by atoms with E-state index in [1.54, 1.807) is 13.2 Å². The monoisotopic (exact) mass is 369 g/mol. The number of nitrogens with zero attached hydrogens (tertiary/aromatic N) is 2. The molecule has 6 nitrogen and oxygen atoms in total. The Kier molecular flexibility index (Phi) is 5.16. The number of fused-ring (bicyclic) bond motifs is 1. The average molecular weight is 369 g/mol. The molecule has 3 heterocycles. The van der Waals surface area contributed by atoms with Gasteiger partial charge in [-0.15, -0.1) is 0 Å². The quantitative estimate of drug-likeness (QED) is 0.878. The largest absolute Gasteiger partial charge is 0.497 e. The SMILES string of the molecule is CCCc1cc(C(=O)N2C[C@H](c3cccc(OC)c3)[C@H]3NCCC[C@H]32)no1. The minimum absolute atomic E-state index is 0.0230. The number of likely N-dealkylation sites (tertiary alicyclic amines) is 1. The molecule has 0 spiro atoms. The first-order chi connectivity index (χ1) is 13.2. The van der Waals surface area contributed by atoms with Crippen molar-refractivity contribution in [2.75, 3.05) is 20.2 Å². The second kappa shape index (κ2) is 7.72. The summed E-state index contributed by atoms with van der Waals surface area (Å²) >= 11 is 0. The van der Waals surface area contributed by atoms with Crippen molar-refractivity contribution in [1.82, 2.24) is 15.4 Å². The van der Waals surface area contributed by atoms with E-state index in [1.807, 2.05) is 17.0 Å². The summed E-state index contributed by atoms with van der Waals surface area (Å²) in [5.74, 6) is 1.86.